The Morgan fingerprint density at radius 3 is 1.73 bits per heavy atom. The average molecular weight is 937 g/mol. The van der Waals surface area contributed by atoms with E-state index in [0.717, 1.165) is 107 Å². The Bertz CT molecular complexity index is 2840. The maximum atomic E-state index is 12.4. The number of anilines is 2. The van der Waals surface area contributed by atoms with Crippen molar-refractivity contribution in [3.05, 3.63) is 114 Å². The number of aliphatic hydroxyl groups excluding tert-OH is 1. The van der Waals surface area contributed by atoms with Crippen LogP contribution < -0.4 is 20.9 Å². The summed E-state index contributed by atoms with van der Waals surface area (Å²) in [6.07, 6.45) is 5.89. The molecule has 0 aliphatic rings. The standard InChI is InChI=1S/C24H19N3O2S3.C22H22FN3OS3/c25-21-20-18(15-6-8-16(9-7-15)29-12-11-28)14-19(22-26-10-13-30-22)27-23(20)32-24(21)31-17-4-2-1-3-5-17;1-2-3-11-29-22-19(24)18-16(14-4-6-15(7-5-14)27-10-8-23)13-17(26-21(18)30-22)20-25-9-12-28-20/h1-10,13-14,28H,11-12,25H2;4-7,9,12-13H,2-3,8,10-11,24H2,1H3. The van der Waals surface area contributed by atoms with Crippen molar-refractivity contribution in [3.63, 3.8) is 0 Å². The van der Waals surface area contributed by atoms with Gasteiger partial charge in [0, 0.05) is 38.8 Å². The van der Waals surface area contributed by atoms with E-state index >= 15 is 0 Å². The number of thioether (sulfide) groups is 1. The van der Waals surface area contributed by atoms with Crippen LogP contribution in [0.1, 0.15) is 19.8 Å². The normalized spacial score (nSPS) is 11.2. The van der Waals surface area contributed by atoms with E-state index in [2.05, 4.69) is 41.2 Å². The van der Waals surface area contributed by atoms with Gasteiger partial charge in [-0.2, -0.15) is 0 Å². The molecule has 6 aromatic heterocycles. The fourth-order valence-electron chi connectivity index (χ4n) is 6.44. The number of nitrogens with two attached hydrogens (primary N) is 2. The van der Waals surface area contributed by atoms with Crippen LogP contribution in [0.5, 0.6) is 11.5 Å². The Morgan fingerprint density at radius 1 is 0.694 bits per heavy atom. The van der Waals surface area contributed by atoms with Gasteiger partial charge in [-0.1, -0.05) is 67.6 Å². The van der Waals surface area contributed by atoms with Crippen LogP contribution in [0.3, 0.4) is 0 Å². The summed E-state index contributed by atoms with van der Waals surface area (Å²) in [5, 5.41) is 16.6. The van der Waals surface area contributed by atoms with Crippen molar-refractivity contribution in [1.82, 2.24) is 19.9 Å². The van der Waals surface area contributed by atoms with Gasteiger partial charge in [0.2, 0.25) is 0 Å². The van der Waals surface area contributed by atoms with Crippen LogP contribution in [-0.2, 0) is 0 Å². The lowest BCUT2D eigenvalue weighted by Crippen LogP contribution is -2.01. The molecule has 9 nitrogen and oxygen atoms in total. The molecule has 0 atom stereocenters. The van der Waals surface area contributed by atoms with Crippen LogP contribution in [0.15, 0.2) is 127 Å². The van der Waals surface area contributed by atoms with Crippen LogP contribution in [0.2, 0.25) is 0 Å². The molecular formula is C46H41FN6O3S6. The number of ether oxygens (including phenoxy) is 2. The number of hydrogen-bond acceptors (Lipinski definition) is 15. The molecule has 0 unspecified atom stereocenters. The number of alkyl halides is 1. The summed E-state index contributed by atoms with van der Waals surface area (Å²) >= 11 is 9.84. The van der Waals surface area contributed by atoms with Gasteiger partial charge in [0.05, 0.1) is 26.4 Å². The molecule has 0 spiro atoms. The summed E-state index contributed by atoms with van der Waals surface area (Å²) in [6, 6.07) is 29.8. The lowest BCUT2D eigenvalue weighted by molar-refractivity contribution is 0.201. The van der Waals surface area contributed by atoms with Crippen molar-refractivity contribution < 1.29 is 19.0 Å². The first-order valence-electron chi connectivity index (χ1n) is 19.7. The highest BCUT2D eigenvalue weighted by Gasteiger charge is 2.21. The monoisotopic (exact) mass is 936 g/mol. The van der Waals surface area contributed by atoms with Gasteiger partial charge in [0.1, 0.15) is 62.5 Å². The molecule has 16 heteroatoms. The van der Waals surface area contributed by atoms with Gasteiger partial charge in [0.25, 0.3) is 0 Å². The number of nitrogens with zero attached hydrogens (tertiary/aromatic N) is 4. The lowest BCUT2D eigenvalue weighted by atomic mass is 10.0. The minimum absolute atomic E-state index is 0.0167. The molecule has 3 aromatic carbocycles. The third-order valence-electron chi connectivity index (χ3n) is 9.35. The number of fused-ring (bicyclic) bond motifs is 2. The summed E-state index contributed by atoms with van der Waals surface area (Å²) in [5.41, 5.74) is 20.6. The number of aliphatic hydroxyl groups is 1. The predicted octanol–water partition coefficient (Wildman–Crippen LogP) is 13.1. The highest BCUT2D eigenvalue weighted by molar-refractivity contribution is 8.01. The van der Waals surface area contributed by atoms with Crippen LogP contribution in [0, 0.1) is 0 Å². The Morgan fingerprint density at radius 2 is 1.23 bits per heavy atom. The number of thiazole rings is 2. The molecule has 0 fully saturated rings. The summed E-state index contributed by atoms with van der Waals surface area (Å²) in [7, 11) is 0. The van der Waals surface area contributed by atoms with Gasteiger partial charge in [-0.15, -0.1) is 57.1 Å². The molecule has 5 N–H and O–H groups in total. The molecule has 0 saturated carbocycles. The van der Waals surface area contributed by atoms with Crippen LogP contribution in [0.25, 0.3) is 64.1 Å². The van der Waals surface area contributed by atoms with Crippen molar-refractivity contribution >= 4 is 101 Å². The van der Waals surface area contributed by atoms with Gasteiger partial charge in [-0.25, -0.2) is 24.3 Å². The van der Waals surface area contributed by atoms with Gasteiger partial charge >= 0.3 is 0 Å². The summed E-state index contributed by atoms with van der Waals surface area (Å²) in [6.45, 7) is 1.99. The molecule has 316 valence electrons. The van der Waals surface area contributed by atoms with Crippen molar-refractivity contribution in [2.24, 2.45) is 0 Å². The SMILES string of the molecule is CCCCSc1sc2nc(-c3nccs3)cc(-c3ccc(OCCF)cc3)c2c1N.Nc1c(Sc2ccccc2)sc2nc(-c3nccs3)cc(-c3ccc(OCCO)cc3)c12. The van der Waals surface area contributed by atoms with E-state index in [1.165, 1.54) is 0 Å². The van der Waals surface area contributed by atoms with Crippen molar-refractivity contribution in [2.45, 2.75) is 33.1 Å². The van der Waals surface area contributed by atoms with Gasteiger partial charge in [-0.05, 0) is 83.0 Å². The first-order chi connectivity index (χ1) is 30.4. The molecule has 62 heavy (non-hydrogen) atoms. The van der Waals surface area contributed by atoms with E-state index in [1.54, 1.807) is 81.3 Å². The lowest BCUT2D eigenvalue weighted by Gasteiger charge is -2.09. The van der Waals surface area contributed by atoms with Crippen molar-refractivity contribution in [1.29, 1.82) is 0 Å². The third-order valence-corrected chi connectivity index (χ3v) is 15.7. The maximum Gasteiger partial charge on any atom is 0.141 e. The van der Waals surface area contributed by atoms with E-state index in [4.69, 9.17) is 36.0 Å². The van der Waals surface area contributed by atoms with Gasteiger partial charge in [0.15, 0.2) is 0 Å². The number of rotatable bonds is 16. The van der Waals surface area contributed by atoms with Crippen LogP contribution in [0.4, 0.5) is 15.8 Å². The third kappa shape index (κ3) is 10.1. The molecule has 0 aliphatic carbocycles. The number of hydrogen-bond donors (Lipinski definition) is 3. The maximum absolute atomic E-state index is 12.4. The number of halogens is 1. The molecule has 0 saturated heterocycles. The van der Waals surface area contributed by atoms with Crippen LogP contribution in [-0.4, -0.2) is 57.3 Å². The van der Waals surface area contributed by atoms with E-state index < -0.39 is 6.67 Å². The average Bonchev–Trinajstić information content (AvgIpc) is 4.15. The predicted molar refractivity (Wildman–Crippen MR) is 261 cm³/mol. The summed E-state index contributed by atoms with van der Waals surface area (Å²) in [4.78, 5) is 21.6. The second-order valence-electron chi connectivity index (χ2n) is 13.5. The fourth-order valence-corrected chi connectivity index (χ4v) is 12.4. The van der Waals surface area contributed by atoms with Crippen LogP contribution >= 0.6 is 68.9 Å². The quantitative estimate of drug-likeness (QED) is 0.0629. The number of nitrogen functional groups attached to an aromatic ring is 2. The molecule has 9 aromatic rings. The second-order valence-corrected chi connectivity index (χ2v) is 20.0. The van der Waals surface area contributed by atoms with Crippen molar-refractivity contribution in [3.8, 4) is 55.2 Å². The fraction of sp³-hybridized carbons (Fsp3) is 0.174. The topological polar surface area (TPSA) is 142 Å². The molecule has 6 heterocycles. The van der Waals surface area contributed by atoms with E-state index in [0.29, 0.717) is 11.5 Å². The number of benzene rings is 3. The summed E-state index contributed by atoms with van der Waals surface area (Å²) < 4.78 is 25.4. The molecule has 9 rings (SSSR count). The highest BCUT2D eigenvalue weighted by atomic mass is 32.2. The molecule has 0 bridgehead atoms. The van der Waals surface area contributed by atoms with Crippen molar-refractivity contribution in [2.75, 3.05) is 43.7 Å². The highest BCUT2D eigenvalue weighted by Crippen LogP contribution is 2.48. The molecular weight excluding hydrogens is 896 g/mol. The number of unbranched alkanes of at least 4 members (excludes halogenated alkanes) is 1. The Kier molecular flexibility index (Phi) is 14.7. The second kappa shape index (κ2) is 20.9. The largest absolute Gasteiger partial charge is 0.491 e. The Balaban J connectivity index is 0.000000171. The first kappa shape index (κ1) is 43.6. The van der Waals surface area contributed by atoms with Gasteiger partial charge < -0.3 is 26.0 Å². The molecule has 0 amide bonds. The zero-order chi connectivity index (χ0) is 42.8. The number of thiophene rings is 2. The molecule has 0 radical (unpaired) electrons. The van der Waals surface area contributed by atoms with E-state index in [-0.39, 0.29) is 19.8 Å². The number of aromatic nitrogens is 4. The zero-order valence-corrected chi connectivity index (χ0v) is 38.4. The minimum Gasteiger partial charge on any atom is -0.491 e. The Labute approximate surface area is 383 Å². The summed E-state index contributed by atoms with van der Waals surface area (Å²) in [5.74, 6) is 2.41. The van der Waals surface area contributed by atoms with E-state index in [1.807, 2.05) is 77.5 Å². The smallest absolute Gasteiger partial charge is 0.141 e. The van der Waals surface area contributed by atoms with Gasteiger partial charge in [-0.3, -0.25) is 0 Å². The number of pyridine rings is 2. The Hall–Kier alpha value is -5.07. The zero-order valence-electron chi connectivity index (χ0n) is 33.5. The minimum atomic E-state index is -0.506. The molecule has 0 aliphatic heterocycles. The first-order valence-corrected chi connectivity index (χ1v) is 24.9. The van der Waals surface area contributed by atoms with E-state index in [9.17, 15) is 4.39 Å².